The summed E-state index contributed by atoms with van der Waals surface area (Å²) >= 11 is 0. The summed E-state index contributed by atoms with van der Waals surface area (Å²) in [6.07, 6.45) is 1.13. The van der Waals surface area contributed by atoms with Crippen molar-refractivity contribution in [3.8, 4) is 0 Å². The molecule has 1 saturated heterocycles. The van der Waals surface area contributed by atoms with Gasteiger partial charge in [0.25, 0.3) is 0 Å². The van der Waals surface area contributed by atoms with Gasteiger partial charge in [0.2, 0.25) is 0 Å². The second kappa shape index (κ2) is 10.5. The molecule has 1 unspecified atom stereocenters. The lowest BCUT2D eigenvalue weighted by molar-refractivity contribution is 0.0681. The standard InChI is InChI=1S/C16H34N2O3/c1-15(2)11-17-12-16(5-8-21-14-16)13-18(6-9-19-3)7-10-20-4/h15,17H,5-14H2,1-4H3. The van der Waals surface area contributed by atoms with Crippen molar-refractivity contribution in [2.75, 3.05) is 73.4 Å². The molecule has 1 fully saturated rings. The minimum atomic E-state index is 0.233. The van der Waals surface area contributed by atoms with Gasteiger partial charge in [-0.3, -0.25) is 4.90 Å². The maximum absolute atomic E-state index is 5.70. The van der Waals surface area contributed by atoms with Crippen molar-refractivity contribution in [3.63, 3.8) is 0 Å². The number of rotatable bonds is 12. The number of ether oxygens (including phenoxy) is 3. The molecule has 1 aliphatic rings. The van der Waals surface area contributed by atoms with Gasteiger partial charge in [0.15, 0.2) is 0 Å². The van der Waals surface area contributed by atoms with Gasteiger partial charge < -0.3 is 19.5 Å². The van der Waals surface area contributed by atoms with Gasteiger partial charge in [-0.2, -0.15) is 0 Å². The highest BCUT2D eigenvalue weighted by Crippen LogP contribution is 2.29. The summed E-state index contributed by atoms with van der Waals surface area (Å²) in [6, 6.07) is 0. The predicted molar refractivity (Wildman–Crippen MR) is 85.8 cm³/mol. The van der Waals surface area contributed by atoms with Crippen LogP contribution < -0.4 is 5.32 Å². The van der Waals surface area contributed by atoms with Crippen molar-refractivity contribution in [2.24, 2.45) is 11.3 Å². The van der Waals surface area contributed by atoms with Gasteiger partial charge in [-0.25, -0.2) is 0 Å². The lowest BCUT2D eigenvalue weighted by Crippen LogP contribution is -2.47. The van der Waals surface area contributed by atoms with E-state index in [1.165, 1.54) is 0 Å². The smallest absolute Gasteiger partial charge is 0.0589 e. The Morgan fingerprint density at radius 3 is 2.33 bits per heavy atom. The number of nitrogens with zero attached hydrogens (tertiary/aromatic N) is 1. The number of hydrogen-bond acceptors (Lipinski definition) is 5. The molecule has 0 aromatic heterocycles. The van der Waals surface area contributed by atoms with Gasteiger partial charge in [0.05, 0.1) is 19.8 Å². The fourth-order valence-electron chi connectivity index (χ4n) is 2.78. The third-order valence-corrected chi connectivity index (χ3v) is 4.02. The van der Waals surface area contributed by atoms with Gasteiger partial charge in [0.1, 0.15) is 0 Å². The van der Waals surface area contributed by atoms with Crippen LogP contribution in [0.1, 0.15) is 20.3 Å². The summed E-state index contributed by atoms with van der Waals surface area (Å²) in [5, 5.41) is 3.62. The van der Waals surface area contributed by atoms with Crippen LogP contribution in [-0.2, 0) is 14.2 Å². The van der Waals surface area contributed by atoms with Crippen LogP contribution in [0.3, 0.4) is 0 Å². The van der Waals surface area contributed by atoms with Crippen LogP contribution in [0.25, 0.3) is 0 Å². The Kier molecular flexibility index (Phi) is 9.44. The van der Waals surface area contributed by atoms with Crippen molar-refractivity contribution in [2.45, 2.75) is 20.3 Å². The van der Waals surface area contributed by atoms with E-state index in [0.29, 0.717) is 5.92 Å². The summed E-state index contributed by atoms with van der Waals surface area (Å²) in [7, 11) is 3.51. The van der Waals surface area contributed by atoms with E-state index in [1.807, 2.05) is 0 Å². The molecule has 0 spiro atoms. The monoisotopic (exact) mass is 302 g/mol. The van der Waals surface area contributed by atoms with Crippen LogP contribution in [-0.4, -0.2) is 78.3 Å². The van der Waals surface area contributed by atoms with E-state index >= 15 is 0 Å². The second-order valence-corrected chi connectivity index (χ2v) is 6.59. The van der Waals surface area contributed by atoms with E-state index in [0.717, 1.165) is 65.6 Å². The zero-order valence-corrected chi connectivity index (χ0v) is 14.3. The molecule has 0 amide bonds. The first-order valence-electron chi connectivity index (χ1n) is 8.10. The zero-order chi connectivity index (χ0) is 15.6. The normalized spacial score (nSPS) is 22.6. The molecule has 21 heavy (non-hydrogen) atoms. The Bertz CT molecular complexity index is 248. The Hall–Kier alpha value is -0.200. The molecule has 1 rings (SSSR count). The minimum Gasteiger partial charge on any atom is -0.383 e. The average Bonchev–Trinajstić information content (AvgIpc) is 2.90. The summed E-state index contributed by atoms with van der Waals surface area (Å²) < 4.78 is 16.2. The van der Waals surface area contributed by atoms with Crippen molar-refractivity contribution < 1.29 is 14.2 Å². The first-order valence-corrected chi connectivity index (χ1v) is 8.10. The first kappa shape index (κ1) is 18.8. The Balaban J connectivity index is 2.51. The molecule has 1 heterocycles. The Morgan fingerprint density at radius 1 is 1.19 bits per heavy atom. The van der Waals surface area contributed by atoms with Crippen molar-refractivity contribution in [3.05, 3.63) is 0 Å². The van der Waals surface area contributed by atoms with Gasteiger partial charge in [-0.1, -0.05) is 13.8 Å². The molecular formula is C16H34N2O3. The molecule has 0 saturated carbocycles. The Labute approximate surface area is 130 Å². The van der Waals surface area contributed by atoms with E-state index < -0.39 is 0 Å². The zero-order valence-electron chi connectivity index (χ0n) is 14.3. The van der Waals surface area contributed by atoms with Gasteiger partial charge in [-0.15, -0.1) is 0 Å². The largest absolute Gasteiger partial charge is 0.383 e. The maximum atomic E-state index is 5.70. The van der Waals surface area contributed by atoms with Crippen molar-refractivity contribution >= 4 is 0 Å². The molecule has 5 heteroatoms. The molecule has 1 N–H and O–H groups in total. The highest BCUT2D eigenvalue weighted by molar-refractivity contribution is 4.88. The lowest BCUT2D eigenvalue weighted by atomic mass is 9.86. The maximum Gasteiger partial charge on any atom is 0.0589 e. The van der Waals surface area contributed by atoms with E-state index in [4.69, 9.17) is 14.2 Å². The summed E-state index contributed by atoms with van der Waals surface area (Å²) in [4.78, 5) is 2.44. The van der Waals surface area contributed by atoms with E-state index in [1.54, 1.807) is 14.2 Å². The van der Waals surface area contributed by atoms with Crippen LogP contribution in [0.5, 0.6) is 0 Å². The molecule has 0 radical (unpaired) electrons. The molecule has 0 aromatic rings. The number of nitrogens with one attached hydrogen (secondary N) is 1. The SMILES string of the molecule is COCCN(CCOC)CC1(CNCC(C)C)CCOC1. The predicted octanol–water partition coefficient (Wildman–Crippen LogP) is 1.23. The molecule has 1 atom stereocenters. The number of hydrogen-bond donors (Lipinski definition) is 1. The van der Waals surface area contributed by atoms with E-state index in [9.17, 15) is 0 Å². The highest BCUT2D eigenvalue weighted by Gasteiger charge is 2.36. The lowest BCUT2D eigenvalue weighted by Gasteiger charge is -2.34. The Morgan fingerprint density at radius 2 is 1.86 bits per heavy atom. The fraction of sp³-hybridized carbons (Fsp3) is 1.00. The summed E-state index contributed by atoms with van der Waals surface area (Å²) in [6.45, 7) is 12.8. The topological polar surface area (TPSA) is 43.0 Å². The minimum absolute atomic E-state index is 0.233. The van der Waals surface area contributed by atoms with Crippen LogP contribution in [0.4, 0.5) is 0 Å². The third kappa shape index (κ3) is 7.56. The second-order valence-electron chi connectivity index (χ2n) is 6.59. The molecule has 0 aliphatic carbocycles. The highest BCUT2D eigenvalue weighted by atomic mass is 16.5. The van der Waals surface area contributed by atoms with Gasteiger partial charge in [0, 0.05) is 52.4 Å². The molecule has 0 bridgehead atoms. The van der Waals surface area contributed by atoms with Crippen molar-refractivity contribution in [1.29, 1.82) is 0 Å². The summed E-state index contributed by atoms with van der Waals surface area (Å²) in [5.41, 5.74) is 0.233. The number of methoxy groups -OCH3 is 2. The fourth-order valence-corrected chi connectivity index (χ4v) is 2.78. The van der Waals surface area contributed by atoms with E-state index in [2.05, 4.69) is 24.1 Å². The van der Waals surface area contributed by atoms with Gasteiger partial charge in [-0.05, 0) is 18.9 Å². The van der Waals surface area contributed by atoms with Crippen LogP contribution in [0.15, 0.2) is 0 Å². The molecular weight excluding hydrogens is 268 g/mol. The van der Waals surface area contributed by atoms with Gasteiger partial charge >= 0.3 is 0 Å². The van der Waals surface area contributed by atoms with E-state index in [-0.39, 0.29) is 5.41 Å². The quantitative estimate of drug-likeness (QED) is 0.587. The van der Waals surface area contributed by atoms with Crippen LogP contribution >= 0.6 is 0 Å². The molecule has 0 aromatic carbocycles. The molecule has 126 valence electrons. The first-order chi connectivity index (χ1) is 10.1. The van der Waals surface area contributed by atoms with Crippen LogP contribution in [0, 0.1) is 11.3 Å². The molecule has 5 nitrogen and oxygen atoms in total. The van der Waals surface area contributed by atoms with Crippen molar-refractivity contribution in [1.82, 2.24) is 10.2 Å². The molecule has 1 aliphatic heterocycles. The third-order valence-electron chi connectivity index (χ3n) is 4.02. The summed E-state index contributed by atoms with van der Waals surface area (Å²) in [5.74, 6) is 0.683. The van der Waals surface area contributed by atoms with Crippen LogP contribution in [0.2, 0.25) is 0 Å². The average molecular weight is 302 g/mol.